The minimum Gasteiger partial charge on any atom is -0.504 e. The molecule has 2 aromatic rings. The number of carbonyl (C=O) groups excluding carboxylic acids is 1. The average Bonchev–Trinajstić information content (AvgIpc) is 2.59. The van der Waals surface area contributed by atoms with Gasteiger partial charge in [0.25, 0.3) is 5.91 Å². The van der Waals surface area contributed by atoms with E-state index in [4.69, 9.17) is 9.47 Å². The van der Waals surface area contributed by atoms with Crippen LogP contribution >= 0.6 is 0 Å². The number of benzene rings is 2. The number of nitrogens with zero attached hydrogens (tertiary/aromatic N) is 1. The van der Waals surface area contributed by atoms with Gasteiger partial charge in [0.15, 0.2) is 18.1 Å². The van der Waals surface area contributed by atoms with Gasteiger partial charge in [-0.05, 0) is 50.1 Å². The molecule has 0 aliphatic rings. The first-order valence-electron chi connectivity index (χ1n) is 7.98. The first-order chi connectivity index (χ1) is 12.0. The molecule has 0 bridgehead atoms. The molecular weight excluding hydrogens is 320 g/mol. The number of aryl methyl sites for hydroxylation is 2. The van der Waals surface area contributed by atoms with Crippen molar-refractivity contribution in [1.82, 2.24) is 5.43 Å². The van der Waals surface area contributed by atoms with Crippen LogP contribution in [-0.4, -0.2) is 30.4 Å². The Morgan fingerprint density at radius 3 is 2.76 bits per heavy atom. The zero-order chi connectivity index (χ0) is 18.2. The molecule has 0 aromatic heterocycles. The summed E-state index contributed by atoms with van der Waals surface area (Å²) in [4.78, 5) is 11.8. The largest absolute Gasteiger partial charge is 0.504 e. The van der Waals surface area contributed by atoms with Crippen LogP contribution in [0.1, 0.15) is 23.6 Å². The predicted octanol–water partition coefficient (Wildman–Crippen LogP) is 2.94. The van der Waals surface area contributed by atoms with Crippen LogP contribution in [-0.2, 0) is 4.79 Å². The number of hydrogen-bond acceptors (Lipinski definition) is 5. The molecular formula is C19H22N2O4. The van der Waals surface area contributed by atoms with E-state index in [0.717, 1.165) is 11.1 Å². The Balaban J connectivity index is 1.90. The van der Waals surface area contributed by atoms with E-state index in [1.807, 2.05) is 39.0 Å². The molecule has 0 heterocycles. The molecule has 0 unspecified atom stereocenters. The summed E-state index contributed by atoms with van der Waals surface area (Å²) < 4.78 is 10.8. The lowest BCUT2D eigenvalue weighted by molar-refractivity contribution is -0.123. The second-order valence-electron chi connectivity index (χ2n) is 5.48. The molecule has 0 aliphatic heterocycles. The van der Waals surface area contributed by atoms with E-state index in [9.17, 15) is 9.90 Å². The van der Waals surface area contributed by atoms with Gasteiger partial charge >= 0.3 is 0 Å². The zero-order valence-electron chi connectivity index (χ0n) is 14.6. The quantitative estimate of drug-likeness (QED) is 0.599. The number of hydrogen-bond donors (Lipinski definition) is 2. The molecule has 25 heavy (non-hydrogen) atoms. The number of para-hydroxylation sites is 1. The molecule has 1 amide bonds. The van der Waals surface area contributed by atoms with Crippen LogP contribution in [0, 0.1) is 13.8 Å². The van der Waals surface area contributed by atoms with Crippen molar-refractivity contribution >= 4 is 12.1 Å². The fraction of sp³-hybridized carbons (Fsp3) is 0.263. The molecule has 2 N–H and O–H groups in total. The highest BCUT2D eigenvalue weighted by atomic mass is 16.5. The van der Waals surface area contributed by atoms with Gasteiger partial charge in [-0.25, -0.2) is 5.43 Å². The summed E-state index contributed by atoms with van der Waals surface area (Å²) in [7, 11) is 0. The third kappa shape index (κ3) is 5.24. The number of phenols is 1. The van der Waals surface area contributed by atoms with Gasteiger partial charge in [-0.2, -0.15) is 5.10 Å². The molecule has 0 atom stereocenters. The highest BCUT2D eigenvalue weighted by Crippen LogP contribution is 2.28. The average molecular weight is 342 g/mol. The van der Waals surface area contributed by atoms with Crippen LogP contribution in [0.4, 0.5) is 0 Å². The molecule has 0 saturated heterocycles. The smallest absolute Gasteiger partial charge is 0.277 e. The maximum absolute atomic E-state index is 11.8. The number of nitrogens with one attached hydrogen (secondary N) is 1. The summed E-state index contributed by atoms with van der Waals surface area (Å²) in [6.45, 7) is 6.00. The zero-order valence-corrected chi connectivity index (χ0v) is 14.6. The number of hydrazone groups is 1. The molecule has 0 saturated carbocycles. The number of phenolic OH excluding ortho intramolecular Hbond substituents is 1. The van der Waals surface area contributed by atoms with Crippen molar-refractivity contribution in [2.45, 2.75) is 20.8 Å². The van der Waals surface area contributed by atoms with Crippen LogP contribution in [0.5, 0.6) is 17.2 Å². The Labute approximate surface area is 147 Å². The normalized spacial score (nSPS) is 10.7. The van der Waals surface area contributed by atoms with Crippen LogP contribution in [0.15, 0.2) is 41.5 Å². The second-order valence-corrected chi connectivity index (χ2v) is 5.48. The molecule has 2 aromatic carbocycles. The third-order valence-corrected chi connectivity index (χ3v) is 3.43. The lowest BCUT2D eigenvalue weighted by Gasteiger charge is -2.09. The summed E-state index contributed by atoms with van der Waals surface area (Å²) in [6.07, 6.45) is 1.35. The van der Waals surface area contributed by atoms with Crippen molar-refractivity contribution in [2.75, 3.05) is 13.2 Å². The van der Waals surface area contributed by atoms with E-state index in [1.165, 1.54) is 6.21 Å². The Morgan fingerprint density at radius 1 is 1.20 bits per heavy atom. The summed E-state index contributed by atoms with van der Waals surface area (Å²) in [5, 5.41) is 13.9. The number of rotatable bonds is 7. The maximum atomic E-state index is 11.8. The van der Waals surface area contributed by atoms with Crippen molar-refractivity contribution < 1.29 is 19.4 Å². The number of aromatic hydroxyl groups is 1. The fourth-order valence-electron chi connectivity index (χ4n) is 2.13. The number of amides is 1. The van der Waals surface area contributed by atoms with Gasteiger partial charge in [-0.3, -0.25) is 4.79 Å². The van der Waals surface area contributed by atoms with Crippen molar-refractivity contribution in [1.29, 1.82) is 0 Å². The maximum Gasteiger partial charge on any atom is 0.277 e. The monoisotopic (exact) mass is 342 g/mol. The fourth-order valence-corrected chi connectivity index (χ4v) is 2.13. The SMILES string of the molecule is CCOc1cccc(C=NNC(=O)COc2cc(C)ccc2C)c1O. The molecule has 0 spiro atoms. The Hall–Kier alpha value is -3.02. The van der Waals surface area contributed by atoms with E-state index in [2.05, 4.69) is 10.5 Å². The van der Waals surface area contributed by atoms with Gasteiger partial charge in [0.2, 0.25) is 0 Å². The number of ether oxygens (including phenoxy) is 2. The molecule has 2 rings (SSSR count). The molecule has 132 valence electrons. The molecule has 6 heteroatoms. The topological polar surface area (TPSA) is 80.2 Å². The summed E-state index contributed by atoms with van der Waals surface area (Å²) in [6, 6.07) is 10.9. The third-order valence-electron chi connectivity index (χ3n) is 3.43. The van der Waals surface area contributed by atoms with Gasteiger partial charge in [0.1, 0.15) is 5.75 Å². The van der Waals surface area contributed by atoms with Gasteiger partial charge in [-0.1, -0.05) is 18.2 Å². The van der Waals surface area contributed by atoms with Gasteiger partial charge < -0.3 is 14.6 Å². The van der Waals surface area contributed by atoms with E-state index in [0.29, 0.717) is 23.7 Å². The predicted molar refractivity (Wildman–Crippen MR) is 96.4 cm³/mol. The van der Waals surface area contributed by atoms with Crippen LogP contribution in [0.3, 0.4) is 0 Å². The Kier molecular flexibility index (Phi) is 6.39. The molecule has 0 aliphatic carbocycles. The van der Waals surface area contributed by atoms with Crippen LogP contribution < -0.4 is 14.9 Å². The highest BCUT2D eigenvalue weighted by molar-refractivity contribution is 5.86. The Morgan fingerprint density at radius 2 is 2.00 bits per heavy atom. The van der Waals surface area contributed by atoms with Crippen molar-refractivity contribution in [2.24, 2.45) is 5.10 Å². The highest BCUT2D eigenvalue weighted by Gasteiger charge is 2.07. The van der Waals surface area contributed by atoms with E-state index >= 15 is 0 Å². The van der Waals surface area contributed by atoms with Gasteiger partial charge in [-0.15, -0.1) is 0 Å². The van der Waals surface area contributed by atoms with Gasteiger partial charge in [0.05, 0.1) is 12.8 Å². The summed E-state index contributed by atoms with van der Waals surface area (Å²) in [5.41, 5.74) is 4.83. The number of carbonyl (C=O) groups is 1. The molecule has 6 nitrogen and oxygen atoms in total. The Bertz CT molecular complexity index is 772. The molecule has 0 radical (unpaired) electrons. The van der Waals surface area contributed by atoms with Gasteiger partial charge in [0, 0.05) is 5.56 Å². The molecule has 0 fully saturated rings. The van der Waals surface area contributed by atoms with Crippen molar-refractivity contribution in [3.05, 3.63) is 53.1 Å². The van der Waals surface area contributed by atoms with Crippen molar-refractivity contribution in [3.8, 4) is 17.2 Å². The summed E-state index contributed by atoms with van der Waals surface area (Å²) >= 11 is 0. The standard InChI is InChI=1S/C19H22N2O4/c1-4-24-16-7-5-6-15(19(16)23)11-20-21-18(22)12-25-17-10-13(2)8-9-14(17)3/h5-11,23H,4,12H2,1-3H3,(H,21,22). The van der Waals surface area contributed by atoms with Crippen LogP contribution in [0.2, 0.25) is 0 Å². The lowest BCUT2D eigenvalue weighted by Crippen LogP contribution is -2.24. The van der Waals surface area contributed by atoms with E-state index in [1.54, 1.807) is 18.2 Å². The minimum atomic E-state index is -0.391. The van der Waals surface area contributed by atoms with E-state index < -0.39 is 5.91 Å². The van der Waals surface area contributed by atoms with Crippen molar-refractivity contribution in [3.63, 3.8) is 0 Å². The first-order valence-corrected chi connectivity index (χ1v) is 7.98. The minimum absolute atomic E-state index is 0.0195. The van der Waals surface area contributed by atoms with Crippen LogP contribution in [0.25, 0.3) is 0 Å². The lowest BCUT2D eigenvalue weighted by atomic mass is 10.1. The summed E-state index contributed by atoms with van der Waals surface area (Å²) in [5.74, 6) is 0.629. The second kappa shape index (κ2) is 8.73. The first kappa shape index (κ1) is 18.3. The van der Waals surface area contributed by atoms with E-state index in [-0.39, 0.29) is 12.4 Å².